The van der Waals surface area contributed by atoms with Crippen LogP contribution in [0.3, 0.4) is 0 Å². The molecule has 1 aliphatic carbocycles. The maximum Gasteiger partial charge on any atom is 0.349 e. The Bertz CT molecular complexity index is 1780. The molecule has 0 spiro atoms. The number of para-hydroxylation sites is 1. The van der Waals surface area contributed by atoms with Gasteiger partial charge in [0.05, 0.1) is 11.6 Å². The summed E-state index contributed by atoms with van der Waals surface area (Å²) in [4.78, 5) is 28.1. The molecule has 5 rings (SSSR count). The number of rotatable bonds is 10. The topological polar surface area (TPSA) is 72.0 Å². The summed E-state index contributed by atoms with van der Waals surface area (Å²) in [6.07, 6.45) is 0. The number of carbonyl (C=O) groups is 2. The molecular formula is C36H37N2O5+. The summed E-state index contributed by atoms with van der Waals surface area (Å²) in [5.41, 5.74) is 4.58. The Morgan fingerprint density at radius 1 is 0.791 bits per heavy atom. The van der Waals surface area contributed by atoms with Crippen molar-refractivity contribution in [1.29, 1.82) is 0 Å². The number of esters is 2. The lowest BCUT2D eigenvalue weighted by Crippen LogP contribution is -2.29. The standard InChI is InChI=1S/C36H37N2O5/c1-5-37(6-2)25-18-20-30-32(22-25)43-33-23-26(38(7-3)8-4)19-21-31(33)35(30)28-16-12-13-17-29(28)36(40)41-24-34(39)42-27-14-10-9-11-15-27/h9-23H,5-8,24H2,1-4H3/q+1. The van der Waals surface area contributed by atoms with Gasteiger partial charge in [0.15, 0.2) is 6.61 Å². The fourth-order valence-corrected chi connectivity index (χ4v) is 5.46. The number of benzene rings is 4. The van der Waals surface area contributed by atoms with Crippen LogP contribution in [0.4, 0.5) is 5.69 Å². The highest BCUT2D eigenvalue weighted by Crippen LogP contribution is 2.42. The lowest BCUT2D eigenvalue weighted by atomic mass is 9.90. The molecule has 1 heterocycles. The van der Waals surface area contributed by atoms with Crippen LogP contribution in [0.5, 0.6) is 5.75 Å². The van der Waals surface area contributed by atoms with E-state index in [9.17, 15) is 9.59 Å². The number of anilines is 1. The highest BCUT2D eigenvalue weighted by Gasteiger charge is 2.24. The third kappa shape index (κ3) is 6.31. The first-order valence-electron chi connectivity index (χ1n) is 14.8. The van der Waals surface area contributed by atoms with E-state index in [1.54, 1.807) is 36.4 Å². The van der Waals surface area contributed by atoms with Gasteiger partial charge in [-0.2, -0.15) is 0 Å². The zero-order chi connectivity index (χ0) is 30.3. The highest BCUT2D eigenvalue weighted by atomic mass is 16.6. The van der Waals surface area contributed by atoms with Crippen molar-refractivity contribution in [3.8, 4) is 28.2 Å². The molecule has 0 aromatic heterocycles. The van der Waals surface area contributed by atoms with E-state index in [-0.39, 0.29) is 0 Å². The number of carbonyl (C=O) groups excluding carboxylic acids is 2. The molecule has 220 valence electrons. The molecule has 0 bridgehead atoms. The van der Waals surface area contributed by atoms with Crippen molar-refractivity contribution in [2.24, 2.45) is 0 Å². The molecule has 1 aliphatic heterocycles. The van der Waals surface area contributed by atoms with Crippen molar-refractivity contribution in [2.75, 3.05) is 37.7 Å². The quantitative estimate of drug-likeness (QED) is 0.0804. The molecule has 2 aliphatic rings. The average Bonchev–Trinajstić information content (AvgIpc) is 3.04. The van der Waals surface area contributed by atoms with Crippen molar-refractivity contribution in [3.05, 3.63) is 102 Å². The Labute approximate surface area is 251 Å². The molecule has 0 atom stereocenters. The molecule has 0 unspecified atom stereocenters. The minimum absolute atomic E-state index is 0.351. The Balaban J connectivity index is 1.62. The molecule has 0 N–H and O–H groups in total. The normalized spacial score (nSPS) is 11.0. The minimum Gasteiger partial charge on any atom is -0.456 e. The first-order valence-corrected chi connectivity index (χ1v) is 14.8. The van der Waals surface area contributed by atoms with E-state index in [4.69, 9.17) is 13.9 Å². The van der Waals surface area contributed by atoms with Gasteiger partial charge in [-0.3, -0.25) is 0 Å². The van der Waals surface area contributed by atoms with E-state index in [0.717, 1.165) is 65.1 Å². The predicted octanol–water partition coefficient (Wildman–Crippen LogP) is 6.63. The third-order valence-corrected chi connectivity index (χ3v) is 7.66. The number of ether oxygens (including phenoxy) is 2. The number of fused-ring (bicyclic) bond motifs is 2. The van der Waals surface area contributed by atoms with Crippen molar-refractivity contribution in [1.82, 2.24) is 4.58 Å². The molecule has 0 amide bonds. The van der Waals surface area contributed by atoms with Crippen molar-refractivity contribution in [2.45, 2.75) is 27.7 Å². The molecule has 0 radical (unpaired) electrons. The third-order valence-electron chi connectivity index (χ3n) is 7.66. The molecule has 3 aromatic carbocycles. The van der Waals surface area contributed by atoms with Crippen LogP contribution >= 0.6 is 0 Å². The van der Waals surface area contributed by atoms with Crippen LogP contribution in [0.15, 0.2) is 95.4 Å². The molecular weight excluding hydrogens is 540 g/mol. The monoisotopic (exact) mass is 577 g/mol. The maximum atomic E-state index is 13.4. The summed E-state index contributed by atoms with van der Waals surface area (Å²) in [6, 6.07) is 28.4. The van der Waals surface area contributed by atoms with Crippen LogP contribution in [0, 0.1) is 0 Å². The van der Waals surface area contributed by atoms with Gasteiger partial charge in [-0.15, -0.1) is 0 Å². The van der Waals surface area contributed by atoms with Gasteiger partial charge < -0.3 is 18.8 Å². The van der Waals surface area contributed by atoms with Crippen molar-refractivity contribution >= 4 is 28.6 Å². The smallest absolute Gasteiger partial charge is 0.349 e. The second-order valence-corrected chi connectivity index (χ2v) is 10.1. The summed E-state index contributed by atoms with van der Waals surface area (Å²) in [5, 5.41) is 1.94. The van der Waals surface area contributed by atoms with Crippen LogP contribution in [0.1, 0.15) is 38.1 Å². The van der Waals surface area contributed by atoms with Gasteiger partial charge in [0.25, 0.3) is 0 Å². The van der Waals surface area contributed by atoms with Gasteiger partial charge in [-0.05, 0) is 69.7 Å². The summed E-state index contributed by atoms with van der Waals surface area (Å²) in [6.45, 7) is 11.5. The molecule has 7 nitrogen and oxygen atoms in total. The zero-order valence-corrected chi connectivity index (χ0v) is 25.1. The van der Waals surface area contributed by atoms with Crippen molar-refractivity contribution in [3.63, 3.8) is 0 Å². The van der Waals surface area contributed by atoms with Crippen molar-refractivity contribution < 1.29 is 23.5 Å². The van der Waals surface area contributed by atoms with Gasteiger partial charge in [0.2, 0.25) is 5.36 Å². The maximum absolute atomic E-state index is 13.4. The highest BCUT2D eigenvalue weighted by molar-refractivity contribution is 6.08. The Kier molecular flexibility index (Phi) is 9.20. The van der Waals surface area contributed by atoms with E-state index < -0.39 is 18.5 Å². The summed E-state index contributed by atoms with van der Waals surface area (Å²) < 4.78 is 19.6. The fourth-order valence-electron chi connectivity index (χ4n) is 5.46. The minimum atomic E-state index is -0.653. The first kappa shape index (κ1) is 29.6. The number of hydrogen-bond acceptors (Lipinski definition) is 6. The number of hydrogen-bond donors (Lipinski definition) is 0. The van der Waals surface area contributed by atoms with Gasteiger partial charge >= 0.3 is 11.9 Å². The summed E-state index contributed by atoms with van der Waals surface area (Å²) in [7, 11) is 0. The van der Waals surface area contributed by atoms with Gasteiger partial charge in [-0.1, -0.05) is 36.4 Å². The van der Waals surface area contributed by atoms with Gasteiger partial charge in [0, 0.05) is 47.4 Å². The van der Waals surface area contributed by atoms with Crippen LogP contribution in [0.25, 0.3) is 33.4 Å². The van der Waals surface area contributed by atoms with Gasteiger partial charge in [0.1, 0.15) is 30.2 Å². The van der Waals surface area contributed by atoms with Crippen LogP contribution in [-0.4, -0.2) is 44.7 Å². The second-order valence-electron chi connectivity index (χ2n) is 10.1. The molecule has 0 saturated carbocycles. The summed E-state index contributed by atoms with van der Waals surface area (Å²) >= 11 is 0. The number of nitrogens with zero attached hydrogens (tertiary/aromatic N) is 2. The lowest BCUT2D eigenvalue weighted by Gasteiger charge is -2.22. The van der Waals surface area contributed by atoms with E-state index in [2.05, 4.69) is 73.6 Å². The predicted molar refractivity (Wildman–Crippen MR) is 171 cm³/mol. The molecule has 0 saturated heterocycles. The SMILES string of the molecule is CCN(CC)c1ccc2c(-c3ccccc3C(=O)OCC(=O)Oc3ccccc3)c3ccc(=[N+](CC)CC)cc-3oc2c1. The second kappa shape index (κ2) is 13.4. The zero-order valence-electron chi connectivity index (χ0n) is 25.1. The Hall–Kier alpha value is -4.91. The largest absolute Gasteiger partial charge is 0.456 e. The Morgan fingerprint density at radius 3 is 2.23 bits per heavy atom. The molecule has 7 heteroatoms. The average molecular weight is 578 g/mol. The van der Waals surface area contributed by atoms with Crippen LogP contribution in [-0.2, 0) is 9.53 Å². The van der Waals surface area contributed by atoms with Crippen LogP contribution in [0.2, 0.25) is 0 Å². The fraction of sp³-hybridized carbons (Fsp3) is 0.250. The van der Waals surface area contributed by atoms with Gasteiger partial charge in [-0.25, -0.2) is 14.2 Å². The lowest BCUT2D eigenvalue weighted by molar-refractivity contribution is -0.137. The van der Waals surface area contributed by atoms with E-state index >= 15 is 0 Å². The molecule has 43 heavy (non-hydrogen) atoms. The van der Waals surface area contributed by atoms with E-state index in [1.807, 2.05) is 18.2 Å². The summed E-state index contributed by atoms with van der Waals surface area (Å²) in [5.74, 6) is -0.150. The van der Waals surface area contributed by atoms with E-state index in [1.165, 1.54) is 0 Å². The molecule has 3 aromatic rings. The first-order chi connectivity index (χ1) is 21.0. The Morgan fingerprint density at radius 2 is 1.51 bits per heavy atom. The molecule has 0 fully saturated rings. The van der Waals surface area contributed by atoms with E-state index in [0.29, 0.717) is 16.9 Å². The van der Waals surface area contributed by atoms with Crippen LogP contribution < -0.4 is 19.6 Å².